The summed E-state index contributed by atoms with van der Waals surface area (Å²) in [5, 5.41) is 17.9. The minimum absolute atomic E-state index is 0.145. The third kappa shape index (κ3) is 3.68. The number of H-pyrrole nitrogens is 1. The number of aliphatic hydroxyl groups excluding tert-OH is 1. The molecule has 0 fully saturated rings. The molecule has 1 aromatic carbocycles. The summed E-state index contributed by atoms with van der Waals surface area (Å²) < 4.78 is 13.7. The van der Waals surface area contributed by atoms with Crippen LogP contribution < -0.4 is 5.32 Å². The SMILES string of the molecule is Cc1[nH]ncc1CNC(=O)c1ccc(C#CCO)c(F)c1. The van der Waals surface area contributed by atoms with Crippen LogP contribution in [0, 0.1) is 24.6 Å². The second-order valence-corrected chi connectivity index (χ2v) is 4.36. The van der Waals surface area contributed by atoms with Crippen molar-refractivity contribution < 1.29 is 14.3 Å². The van der Waals surface area contributed by atoms with Crippen LogP contribution in [0.2, 0.25) is 0 Å². The van der Waals surface area contributed by atoms with Crippen LogP contribution >= 0.6 is 0 Å². The Morgan fingerprint density at radius 2 is 2.33 bits per heavy atom. The van der Waals surface area contributed by atoms with Crippen molar-refractivity contribution in [3.63, 3.8) is 0 Å². The van der Waals surface area contributed by atoms with E-state index in [0.717, 1.165) is 17.3 Å². The lowest BCUT2D eigenvalue weighted by Gasteiger charge is -2.05. The average molecular weight is 287 g/mol. The van der Waals surface area contributed by atoms with Gasteiger partial charge in [-0.2, -0.15) is 5.10 Å². The number of aryl methyl sites for hydroxylation is 1. The molecule has 6 heteroatoms. The quantitative estimate of drug-likeness (QED) is 0.741. The molecule has 1 heterocycles. The second-order valence-electron chi connectivity index (χ2n) is 4.36. The van der Waals surface area contributed by atoms with Gasteiger partial charge in [0.15, 0.2) is 0 Å². The molecular weight excluding hydrogens is 273 g/mol. The van der Waals surface area contributed by atoms with Crippen molar-refractivity contribution in [1.29, 1.82) is 0 Å². The minimum atomic E-state index is -0.594. The molecule has 5 nitrogen and oxygen atoms in total. The molecule has 0 aliphatic rings. The van der Waals surface area contributed by atoms with E-state index in [4.69, 9.17) is 5.11 Å². The molecule has 0 bridgehead atoms. The van der Waals surface area contributed by atoms with Gasteiger partial charge in [-0.3, -0.25) is 9.89 Å². The zero-order valence-electron chi connectivity index (χ0n) is 11.4. The first kappa shape index (κ1) is 14.8. The van der Waals surface area contributed by atoms with Crippen LogP contribution in [-0.4, -0.2) is 27.8 Å². The maximum absolute atomic E-state index is 13.7. The van der Waals surface area contributed by atoms with Gasteiger partial charge in [-0.25, -0.2) is 4.39 Å². The summed E-state index contributed by atoms with van der Waals surface area (Å²) in [6, 6.07) is 4.02. The van der Waals surface area contributed by atoms with E-state index in [-0.39, 0.29) is 23.6 Å². The number of halogens is 1. The van der Waals surface area contributed by atoms with Gasteiger partial charge in [0.1, 0.15) is 12.4 Å². The van der Waals surface area contributed by atoms with E-state index < -0.39 is 5.82 Å². The molecule has 2 rings (SSSR count). The molecular formula is C15H14FN3O2. The van der Waals surface area contributed by atoms with Crippen LogP contribution in [0.4, 0.5) is 4.39 Å². The average Bonchev–Trinajstić information content (AvgIpc) is 2.88. The number of benzene rings is 1. The number of aromatic amines is 1. The van der Waals surface area contributed by atoms with Crippen LogP contribution in [-0.2, 0) is 6.54 Å². The highest BCUT2D eigenvalue weighted by molar-refractivity contribution is 5.94. The Balaban J connectivity index is 2.06. The highest BCUT2D eigenvalue weighted by atomic mass is 19.1. The van der Waals surface area contributed by atoms with Crippen molar-refractivity contribution >= 4 is 5.91 Å². The van der Waals surface area contributed by atoms with Crippen molar-refractivity contribution in [1.82, 2.24) is 15.5 Å². The van der Waals surface area contributed by atoms with Crippen molar-refractivity contribution in [2.24, 2.45) is 0 Å². The van der Waals surface area contributed by atoms with Gasteiger partial charge >= 0.3 is 0 Å². The summed E-state index contributed by atoms with van der Waals surface area (Å²) in [6.07, 6.45) is 1.63. The maximum atomic E-state index is 13.7. The molecule has 2 aromatic rings. The first-order valence-corrected chi connectivity index (χ1v) is 6.28. The number of carbonyl (C=O) groups is 1. The second kappa shape index (κ2) is 6.68. The molecule has 0 saturated heterocycles. The third-order valence-electron chi connectivity index (χ3n) is 2.91. The van der Waals surface area contributed by atoms with Crippen LogP contribution in [0.25, 0.3) is 0 Å². The minimum Gasteiger partial charge on any atom is -0.384 e. The molecule has 21 heavy (non-hydrogen) atoms. The van der Waals surface area contributed by atoms with E-state index in [0.29, 0.717) is 6.54 Å². The van der Waals surface area contributed by atoms with E-state index in [1.165, 1.54) is 12.1 Å². The number of carbonyl (C=O) groups excluding carboxylic acids is 1. The Kier molecular flexibility index (Phi) is 4.69. The molecule has 1 aromatic heterocycles. The van der Waals surface area contributed by atoms with Gasteiger partial charge in [0.25, 0.3) is 5.91 Å². The summed E-state index contributed by atoms with van der Waals surface area (Å²) in [5.74, 6) is 3.86. The predicted molar refractivity (Wildman–Crippen MR) is 74.9 cm³/mol. The monoisotopic (exact) mass is 287 g/mol. The highest BCUT2D eigenvalue weighted by Crippen LogP contribution is 2.10. The zero-order chi connectivity index (χ0) is 15.2. The molecule has 1 amide bonds. The van der Waals surface area contributed by atoms with Crippen LogP contribution in [0.1, 0.15) is 27.2 Å². The fourth-order valence-corrected chi connectivity index (χ4v) is 1.72. The van der Waals surface area contributed by atoms with Crippen LogP contribution in [0.5, 0.6) is 0 Å². The standard InChI is InChI=1S/C15H14FN3O2/c1-10-13(9-18-19-10)8-17-15(21)12-5-4-11(3-2-6-20)14(16)7-12/h4-5,7,9,20H,6,8H2,1H3,(H,17,21)(H,18,19). The zero-order valence-corrected chi connectivity index (χ0v) is 11.4. The molecule has 0 aliphatic carbocycles. The van der Waals surface area contributed by atoms with E-state index >= 15 is 0 Å². The number of nitrogens with zero attached hydrogens (tertiary/aromatic N) is 1. The van der Waals surface area contributed by atoms with Gasteiger partial charge in [-0.05, 0) is 25.1 Å². The lowest BCUT2D eigenvalue weighted by atomic mass is 10.1. The van der Waals surface area contributed by atoms with Crippen LogP contribution in [0.15, 0.2) is 24.4 Å². The Morgan fingerprint density at radius 1 is 1.52 bits per heavy atom. The summed E-state index contributed by atoms with van der Waals surface area (Å²) >= 11 is 0. The van der Waals surface area contributed by atoms with E-state index in [1.54, 1.807) is 6.20 Å². The Labute approximate surface area is 121 Å². The fourth-order valence-electron chi connectivity index (χ4n) is 1.72. The highest BCUT2D eigenvalue weighted by Gasteiger charge is 2.09. The van der Waals surface area contributed by atoms with Gasteiger partial charge in [-0.1, -0.05) is 11.8 Å². The van der Waals surface area contributed by atoms with Gasteiger partial charge < -0.3 is 10.4 Å². The van der Waals surface area contributed by atoms with Crippen molar-refractivity contribution in [2.75, 3.05) is 6.61 Å². The van der Waals surface area contributed by atoms with Crippen molar-refractivity contribution in [3.8, 4) is 11.8 Å². The topological polar surface area (TPSA) is 78.0 Å². The fraction of sp³-hybridized carbons (Fsp3) is 0.200. The van der Waals surface area contributed by atoms with Gasteiger partial charge in [0, 0.05) is 23.4 Å². The smallest absolute Gasteiger partial charge is 0.251 e. The predicted octanol–water partition coefficient (Wildman–Crippen LogP) is 1.13. The Bertz CT molecular complexity index is 713. The summed E-state index contributed by atoms with van der Waals surface area (Å²) in [4.78, 5) is 11.9. The largest absolute Gasteiger partial charge is 0.384 e. The number of aliphatic hydroxyl groups is 1. The first-order valence-electron chi connectivity index (χ1n) is 6.28. The molecule has 108 valence electrons. The molecule has 0 unspecified atom stereocenters. The normalized spacial score (nSPS) is 9.86. The lowest BCUT2D eigenvalue weighted by Crippen LogP contribution is -2.23. The first-order chi connectivity index (χ1) is 10.1. The molecule has 0 aliphatic heterocycles. The summed E-state index contributed by atoms with van der Waals surface area (Å²) in [7, 11) is 0. The number of hydrogen-bond donors (Lipinski definition) is 3. The molecule has 0 radical (unpaired) electrons. The van der Waals surface area contributed by atoms with Crippen molar-refractivity contribution in [2.45, 2.75) is 13.5 Å². The van der Waals surface area contributed by atoms with Crippen molar-refractivity contribution in [3.05, 3.63) is 52.6 Å². The van der Waals surface area contributed by atoms with Gasteiger partial charge in [0.2, 0.25) is 0 Å². The Hall–Kier alpha value is -2.65. The number of hydrogen-bond acceptors (Lipinski definition) is 3. The third-order valence-corrected chi connectivity index (χ3v) is 2.91. The molecule has 0 spiro atoms. The lowest BCUT2D eigenvalue weighted by molar-refractivity contribution is 0.0950. The number of nitrogens with one attached hydrogen (secondary N) is 2. The molecule has 0 atom stereocenters. The van der Waals surface area contributed by atoms with E-state index in [1.807, 2.05) is 6.92 Å². The number of aromatic nitrogens is 2. The van der Waals surface area contributed by atoms with Gasteiger partial charge in [0.05, 0.1) is 11.8 Å². The van der Waals surface area contributed by atoms with E-state index in [9.17, 15) is 9.18 Å². The number of rotatable bonds is 3. The molecule has 0 saturated carbocycles. The summed E-state index contributed by atoms with van der Waals surface area (Å²) in [6.45, 7) is 1.82. The Morgan fingerprint density at radius 3 is 2.95 bits per heavy atom. The summed E-state index contributed by atoms with van der Waals surface area (Å²) in [5.41, 5.74) is 2.10. The molecule has 3 N–H and O–H groups in total. The van der Waals surface area contributed by atoms with Crippen LogP contribution in [0.3, 0.4) is 0 Å². The maximum Gasteiger partial charge on any atom is 0.251 e. The number of amides is 1. The van der Waals surface area contributed by atoms with E-state index in [2.05, 4.69) is 27.4 Å². The van der Waals surface area contributed by atoms with Gasteiger partial charge in [-0.15, -0.1) is 0 Å².